The highest BCUT2D eigenvalue weighted by Gasteiger charge is 2.20. The lowest BCUT2D eigenvalue weighted by atomic mass is 9.91. The minimum absolute atomic E-state index is 0.0237. The van der Waals surface area contributed by atoms with Gasteiger partial charge in [-0.25, -0.2) is 0 Å². The third-order valence-electron chi connectivity index (χ3n) is 4.14. The monoisotopic (exact) mass is 289 g/mol. The molecule has 0 fully saturated rings. The SMILES string of the molecule is CCCC(C)NC(=O)C(C)Oc1cccc2c1CCCC2. The molecule has 3 nitrogen and oxygen atoms in total. The minimum Gasteiger partial charge on any atom is -0.481 e. The van der Waals surface area contributed by atoms with Gasteiger partial charge in [0.2, 0.25) is 0 Å². The lowest BCUT2D eigenvalue weighted by Gasteiger charge is -2.23. The van der Waals surface area contributed by atoms with E-state index in [4.69, 9.17) is 4.74 Å². The first-order chi connectivity index (χ1) is 10.1. The van der Waals surface area contributed by atoms with Gasteiger partial charge in [0.15, 0.2) is 6.10 Å². The molecule has 1 aliphatic rings. The number of amides is 1. The molecule has 3 heteroatoms. The van der Waals surface area contributed by atoms with Gasteiger partial charge in [-0.2, -0.15) is 0 Å². The second-order valence-corrected chi connectivity index (χ2v) is 6.06. The van der Waals surface area contributed by atoms with Gasteiger partial charge in [-0.05, 0) is 63.1 Å². The third-order valence-corrected chi connectivity index (χ3v) is 4.14. The summed E-state index contributed by atoms with van der Waals surface area (Å²) in [5.41, 5.74) is 2.68. The van der Waals surface area contributed by atoms with E-state index in [2.05, 4.69) is 18.3 Å². The minimum atomic E-state index is -0.447. The largest absolute Gasteiger partial charge is 0.481 e. The summed E-state index contributed by atoms with van der Waals surface area (Å²) in [5, 5.41) is 3.02. The quantitative estimate of drug-likeness (QED) is 0.868. The van der Waals surface area contributed by atoms with E-state index >= 15 is 0 Å². The number of fused-ring (bicyclic) bond motifs is 1. The molecule has 0 bridgehead atoms. The Bertz CT molecular complexity index is 484. The van der Waals surface area contributed by atoms with Crippen molar-refractivity contribution in [3.63, 3.8) is 0 Å². The van der Waals surface area contributed by atoms with Crippen LogP contribution in [0.4, 0.5) is 0 Å². The summed E-state index contributed by atoms with van der Waals surface area (Å²) in [5.74, 6) is 0.863. The van der Waals surface area contributed by atoms with Crippen molar-refractivity contribution in [3.8, 4) is 5.75 Å². The van der Waals surface area contributed by atoms with Gasteiger partial charge in [-0.15, -0.1) is 0 Å². The van der Waals surface area contributed by atoms with E-state index in [0.717, 1.165) is 31.4 Å². The molecule has 0 radical (unpaired) electrons. The molecule has 1 aromatic rings. The van der Waals surface area contributed by atoms with E-state index in [1.165, 1.54) is 24.0 Å². The zero-order valence-electron chi connectivity index (χ0n) is 13.4. The van der Waals surface area contributed by atoms with E-state index in [1.807, 2.05) is 26.0 Å². The third kappa shape index (κ3) is 4.23. The molecular weight excluding hydrogens is 262 g/mol. The summed E-state index contributed by atoms with van der Waals surface area (Å²) >= 11 is 0. The summed E-state index contributed by atoms with van der Waals surface area (Å²) in [6, 6.07) is 6.40. The highest BCUT2D eigenvalue weighted by atomic mass is 16.5. The van der Waals surface area contributed by atoms with Crippen LogP contribution in [0.15, 0.2) is 18.2 Å². The summed E-state index contributed by atoms with van der Waals surface area (Å²) in [7, 11) is 0. The van der Waals surface area contributed by atoms with Gasteiger partial charge in [-0.1, -0.05) is 25.5 Å². The number of hydrogen-bond donors (Lipinski definition) is 1. The van der Waals surface area contributed by atoms with Crippen LogP contribution in [0.5, 0.6) is 5.75 Å². The van der Waals surface area contributed by atoms with Gasteiger partial charge < -0.3 is 10.1 Å². The number of carbonyl (C=O) groups excluding carboxylic acids is 1. The Morgan fingerprint density at radius 2 is 2.05 bits per heavy atom. The zero-order valence-corrected chi connectivity index (χ0v) is 13.4. The highest BCUT2D eigenvalue weighted by molar-refractivity contribution is 5.81. The molecule has 0 saturated heterocycles. The van der Waals surface area contributed by atoms with Crippen LogP contribution < -0.4 is 10.1 Å². The van der Waals surface area contributed by atoms with E-state index in [-0.39, 0.29) is 11.9 Å². The molecule has 2 unspecified atom stereocenters. The molecule has 0 spiro atoms. The van der Waals surface area contributed by atoms with E-state index in [1.54, 1.807) is 0 Å². The average molecular weight is 289 g/mol. The molecule has 1 amide bonds. The number of aryl methyl sites for hydroxylation is 1. The predicted molar refractivity (Wildman–Crippen MR) is 85.7 cm³/mol. The van der Waals surface area contributed by atoms with Crippen molar-refractivity contribution in [2.45, 2.75) is 71.4 Å². The first-order valence-corrected chi connectivity index (χ1v) is 8.19. The molecule has 21 heavy (non-hydrogen) atoms. The molecule has 1 aromatic carbocycles. The van der Waals surface area contributed by atoms with Gasteiger partial charge >= 0.3 is 0 Å². The van der Waals surface area contributed by atoms with E-state index in [9.17, 15) is 4.79 Å². The maximum absolute atomic E-state index is 12.2. The molecule has 2 atom stereocenters. The fourth-order valence-corrected chi connectivity index (χ4v) is 2.97. The van der Waals surface area contributed by atoms with Crippen molar-refractivity contribution >= 4 is 5.91 Å². The first kappa shape index (κ1) is 15.9. The predicted octanol–water partition coefficient (Wildman–Crippen LogP) is 3.64. The Kier molecular flexibility index (Phi) is 5.66. The lowest BCUT2D eigenvalue weighted by molar-refractivity contribution is -0.127. The van der Waals surface area contributed by atoms with Crippen LogP contribution in [0.2, 0.25) is 0 Å². The van der Waals surface area contributed by atoms with Gasteiger partial charge in [0.1, 0.15) is 5.75 Å². The molecule has 1 N–H and O–H groups in total. The molecular formula is C18H27NO2. The Labute approximate surface area is 128 Å². The normalized spacial score (nSPS) is 16.7. The molecule has 0 saturated carbocycles. The van der Waals surface area contributed by atoms with Crippen molar-refractivity contribution in [2.24, 2.45) is 0 Å². The van der Waals surface area contributed by atoms with Gasteiger partial charge in [0, 0.05) is 6.04 Å². The molecule has 0 aliphatic heterocycles. The van der Waals surface area contributed by atoms with Gasteiger partial charge in [0.25, 0.3) is 5.91 Å². The van der Waals surface area contributed by atoms with Crippen LogP contribution >= 0.6 is 0 Å². The topological polar surface area (TPSA) is 38.3 Å². The Hall–Kier alpha value is -1.51. The van der Waals surface area contributed by atoms with E-state index < -0.39 is 6.10 Å². The summed E-state index contributed by atoms with van der Waals surface area (Å²) in [6.07, 6.45) is 6.27. The van der Waals surface area contributed by atoms with Gasteiger partial charge in [-0.3, -0.25) is 4.79 Å². The van der Waals surface area contributed by atoms with Crippen molar-refractivity contribution in [1.82, 2.24) is 5.32 Å². The standard InChI is InChI=1S/C18H27NO2/c1-4-8-13(2)19-18(20)14(3)21-17-12-7-10-15-9-5-6-11-16(15)17/h7,10,12-14H,4-6,8-9,11H2,1-3H3,(H,19,20). The maximum Gasteiger partial charge on any atom is 0.260 e. The van der Waals surface area contributed by atoms with Crippen molar-refractivity contribution < 1.29 is 9.53 Å². The van der Waals surface area contributed by atoms with Crippen LogP contribution in [0.3, 0.4) is 0 Å². The second-order valence-electron chi connectivity index (χ2n) is 6.06. The zero-order chi connectivity index (χ0) is 15.2. The van der Waals surface area contributed by atoms with Crippen LogP contribution in [-0.2, 0) is 17.6 Å². The number of ether oxygens (including phenoxy) is 1. The number of nitrogens with one attached hydrogen (secondary N) is 1. The van der Waals surface area contributed by atoms with Crippen molar-refractivity contribution in [3.05, 3.63) is 29.3 Å². The molecule has 116 valence electrons. The van der Waals surface area contributed by atoms with Crippen LogP contribution in [0, 0.1) is 0 Å². The van der Waals surface area contributed by atoms with Crippen molar-refractivity contribution in [2.75, 3.05) is 0 Å². The maximum atomic E-state index is 12.2. The van der Waals surface area contributed by atoms with Gasteiger partial charge in [0.05, 0.1) is 0 Å². The Morgan fingerprint density at radius 1 is 1.29 bits per heavy atom. The molecule has 2 rings (SSSR count). The smallest absolute Gasteiger partial charge is 0.260 e. The molecule has 0 aromatic heterocycles. The average Bonchev–Trinajstić information content (AvgIpc) is 2.47. The van der Waals surface area contributed by atoms with E-state index in [0.29, 0.717) is 0 Å². The summed E-state index contributed by atoms with van der Waals surface area (Å²) in [6.45, 7) is 5.99. The number of benzene rings is 1. The fourth-order valence-electron chi connectivity index (χ4n) is 2.97. The number of carbonyl (C=O) groups is 1. The van der Waals surface area contributed by atoms with Crippen LogP contribution in [-0.4, -0.2) is 18.1 Å². The van der Waals surface area contributed by atoms with Crippen LogP contribution in [0.1, 0.15) is 57.6 Å². The van der Waals surface area contributed by atoms with Crippen molar-refractivity contribution in [1.29, 1.82) is 0 Å². The molecule has 1 aliphatic carbocycles. The second kappa shape index (κ2) is 7.48. The summed E-state index contributed by atoms with van der Waals surface area (Å²) < 4.78 is 5.94. The molecule has 0 heterocycles. The highest BCUT2D eigenvalue weighted by Crippen LogP contribution is 2.30. The Balaban J connectivity index is 1.99. The number of rotatable bonds is 6. The Morgan fingerprint density at radius 3 is 2.81 bits per heavy atom. The van der Waals surface area contributed by atoms with Crippen LogP contribution in [0.25, 0.3) is 0 Å². The summed E-state index contributed by atoms with van der Waals surface area (Å²) in [4.78, 5) is 12.2. The lowest BCUT2D eigenvalue weighted by Crippen LogP contribution is -2.41. The fraction of sp³-hybridized carbons (Fsp3) is 0.611. The first-order valence-electron chi connectivity index (χ1n) is 8.19. The number of hydrogen-bond acceptors (Lipinski definition) is 2.